The van der Waals surface area contributed by atoms with Crippen LogP contribution >= 0.6 is 0 Å². The standard InChI is InChI=1S/C27H39NO5Si/c1-31-25(32-2)18-23-24(17-21-13-9-10-14-22(21)26(23)29)28(19-20-11-7-6-8-12-20)27(30)33-15-16-34(3,4)5/h6-8,11-12,17,25,29H,9-10,13-16,18-19H2,1-5H3. The number of fused-ring (bicyclic) bond motifs is 1. The lowest BCUT2D eigenvalue weighted by Gasteiger charge is -2.30. The summed E-state index contributed by atoms with van der Waals surface area (Å²) in [6, 6.07) is 12.8. The van der Waals surface area contributed by atoms with Crippen LogP contribution in [0.2, 0.25) is 25.7 Å². The van der Waals surface area contributed by atoms with E-state index in [4.69, 9.17) is 14.2 Å². The van der Waals surface area contributed by atoms with Crippen LogP contribution < -0.4 is 4.90 Å². The number of phenols is 1. The molecule has 0 spiro atoms. The molecule has 0 unspecified atom stereocenters. The number of amides is 1. The third kappa shape index (κ3) is 6.84. The van der Waals surface area contributed by atoms with Gasteiger partial charge in [0.2, 0.25) is 0 Å². The average molecular weight is 486 g/mol. The highest BCUT2D eigenvalue weighted by Gasteiger charge is 2.28. The number of carbonyl (C=O) groups is 1. The predicted molar refractivity (Wildman–Crippen MR) is 138 cm³/mol. The van der Waals surface area contributed by atoms with E-state index in [1.165, 1.54) is 0 Å². The topological polar surface area (TPSA) is 68.2 Å². The van der Waals surface area contributed by atoms with Gasteiger partial charge in [-0.25, -0.2) is 4.79 Å². The van der Waals surface area contributed by atoms with Crippen LogP contribution in [0.1, 0.15) is 35.1 Å². The first-order chi connectivity index (χ1) is 16.2. The van der Waals surface area contributed by atoms with Gasteiger partial charge >= 0.3 is 6.09 Å². The van der Waals surface area contributed by atoms with E-state index in [-0.39, 0.29) is 5.75 Å². The summed E-state index contributed by atoms with van der Waals surface area (Å²) in [5.41, 5.74) is 4.39. The first kappa shape index (κ1) is 26.3. The van der Waals surface area contributed by atoms with Crippen LogP contribution in [-0.4, -0.2) is 46.4 Å². The van der Waals surface area contributed by atoms with Gasteiger partial charge in [-0.3, -0.25) is 4.90 Å². The van der Waals surface area contributed by atoms with Crippen molar-refractivity contribution in [3.8, 4) is 5.75 Å². The van der Waals surface area contributed by atoms with Gasteiger partial charge in [0.25, 0.3) is 0 Å². The molecule has 0 radical (unpaired) electrons. The highest BCUT2D eigenvalue weighted by Crippen LogP contribution is 2.40. The van der Waals surface area contributed by atoms with E-state index in [0.29, 0.717) is 30.8 Å². The molecule has 1 aliphatic rings. The Kier molecular flexibility index (Phi) is 9.16. The molecule has 1 N–H and O–H groups in total. The molecule has 1 aliphatic carbocycles. The lowest BCUT2D eigenvalue weighted by Crippen LogP contribution is -2.34. The fraction of sp³-hybridized carbons (Fsp3) is 0.519. The van der Waals surface area contributed by atoms with Gasteiger partial charge in [-0.1, -0.05) is 50.0 Å². The van der Waals surface area contributed by atoms with Gasteiger partial charge in [-0.15, -0.1) is 0 Å². The number of methoxy groups -OCH3 is 2. The number of aryl methyl sites for hydroxylation is 1. The Bertz CT molecular complexity index is 954. The minimum Gasteiger partial charge on any atom is -0.507 e. The number of hydrogen-bond donors (Lipinski definition) is 1. The molecule has 0 atom stereocenters. The van der Waals surface area contributed by atoms with Crippen molar-refractivity contribution in [2.24, 2.45) is 0 Å². The fourth-order valence-corrected chi connectivity index (χ4v) is 5.04. The Morgan fingerprint density at radius 1 is 1.09 bits per heavy atom. The van der Waals surface area contributed by atoms with Gasteiger partial charge in [0.1, 0.15) is 5.75 Å². The zero-order valence-electron chi connectivity index (χ0n) is 21.2. The molecule has 3 rings (SSSR count). The van der Waals surface area contributed by atoms with Crippen LogP contribution in [0.3, 0.4) is 0 Å². The summed E-state index contributed by atoms with van der Waals surface area (Å²) in [6.45, 7) is 7.53. The summed E-state index contributed by atoms with van der Waals surface area (Å²) in [4.78, 5) is 15.1. The van der Waals surface area contributed by atoms with E-state index in [9.17, 15) is 9.90 Å². The first-order valence-electron chi connectivity index (χ1n) is 12.1. The second-order valence-electron chi connectivity index (χ2n) is 10.2. The third-order valence-corrected chi connectivity index (χ3v) is 8.08. The van der Waals surface area contributed by atoms with E-state index < -0.39 is 20.5 Å². The summed E-state index contributed by atoms with van der Waals surface area (Å²) < 4.78 is 16.7. The van der Waals surface area contributed by atoms with Crippen LogP contribution in [0, 0.1) is 0 Å². The number of rotatable bonds is 10. The minimum absolute atomic E-state index is 0.249. The molecule has 2 aromatic rings. The SMILES string of the molecule is COC(Cc1c(N(Cc2ccccc2)C(=O)OCC[Si](C)(C)C)cc2c(c1O)CCCC2)OC. The van der Waals surface area contributed by atoms with Gasteiger partial charge in [0.15, 0.2) is 6.29 Å². The number of anilines is 1. The molecule has 0 saturated carbocycles. The second kappa shape index (κ2) is 11.9. The van der Waals surface area contributed by atoms with Gasteiger partial charge in [0, 0.05) is 34.3 Å². The number of phenolic OH excluding ortho intramolecular Hbond substituents is 1. The van der Waals surface area contributed by atoms with Gasteiger partial charge < -0.3 is 19.3 Å². The van der Waals surface area contributed by atoms with Crippen LogP contribution in [0.4, 0.5) is 10.5 Å². The zero-order chi connectivity index (χ0) is 24.7. The summed E-state index contributed by atoms with van der Waals surface area (Å²) in [7, 11) is 1.81. The molecule has 0 saturated heterocycles. The highest BCUT2D eigenvalue weighted by atomic mass is 28.3. The minimum atomic E-state index is -1.35. The van der Waals surface area contributed by atoms with Crippen LogP contribution in [0.15, 0.2) is 36.4 Å². The van der Waals surface area contributed by atoms with Crippen molar-refractivity contribution in [2.45, 2.75) is 70.6 Å². The van der Waals surface area contributed by atoms with Crippen molar-refractivity contribution < 1.29 is 24.1 Å². The summed E-state index contributed by atoms with van der Waals surface area (Å²) >= 11 is 0. The van der Waals surface area contributed by atoms with Crippen LogP contribution in [0.5, 0.6) is 5.75 Å². The van der Waals surface area contributed by atoms with Gasteiger partial charge in [-0.05, 0) is 54.5 Å². The van der Waals surface area contributed by atoms with Crippen molar-refractivity contribution in [1.29, 1.82) is 0 Å². The molecular weight excluding hydrogens is 446 g/mol. The van der Waals surface area contributed by atoms with Crippen molar-refractivity contribution in [1.82, 2.24) is 0 Å². The molecule has 0 heterocycles. The van der Waals surface area contributed by atoms with Crippen molar-refractivity contribution in [3.05, 3.63) is 58.7 Å². The fourth-order valence-electron chi connectivity index (χ4n) is 4.32. The summed E-state index contributed by atoms with van der Waals surface area (Å²) in [5.74, 6) is 0.249. The monoisotopic (exact) mass is 485 g/mol. The molecule has 0 bridgehead atoms. The molecular formula is C27H39NO5Si. The van der Waals surface area contributed by atoms with Gasteiger partial charge in [-0.2, -0.15) is 0 Å². The lowest BCUT2D eigenvalue weighted by atomic mass is 9.87. The number of benzene rings is 2. The first-order valence-corrected chi connectivity index (χ1v) is 15.8. The molecule has 0 aromatic heterocycles. The quantitative estimate of drug-likeness (QED) is 0.334. The second-order valence-corrected chi connectivity index (χ2v) is 15.8. The molecule has 1 amide bonds. The maximum Gasteiger partial charge on any atom is 0.414 e. The van der Waals surface area contributed by atoms with Crippen molar-refractivity contribution in [3.63, 3.8) is 0 Å². The van der Waals surface area contributed by atoms with E-state index in [1.54, 1.807) is 19.1 Å². The average Bonchev–Trinajstić information content (AvgIpc) is 2.82. The number of hydrogen-bond acceptors (Lipinski definition) is 5. The zero-order valence-corrected chi connectivity index (χ0v) is 22.2. The third-order valence-electron chi connectivity index (χ3n) is 6.37. The molecule has 186 valence electrons. The largest absolute Gasteiger partial charge is 0.507 e. The van der Waals surface area contributed by atoms with Crippen LogP contribution in [-0.2, 0) is 40.0 Å². The van der Waals surface area contributed by atoms with E-state index in [0.717, 1.165) is 48.4 Å². The Labute approximate surface area is 204 Å². The van der Waals surface area contributed by atoms with Crippen molar-refractivity contribution >= 4 is 19.9 Å². The molecule has 0 aliphatic heterocycles. The molecule has 34 heavy (non-hydrogen) atoms. The van der Waals surface area contributed by atoms with E-state index >= 15 is 0 Å². The van der Waals surface area contributed by atoms with Crippen LogP contribution in [0.25, 0.3) is 0 Å². The highest BCUT2D eigenvalue weighted by molar-refractivity contribution is 6.76. The molecule has 0 fully saturated rings. The maximum absolute atomic E-state index is 13.5. The Hall–Kier alpha value is -2.35. The van der Waals surface area contributed by atoms with Crippen molar-refractivity contribution in [2.75, 3.05) is 25.7 Å². The Morgan fingerprint density at radius 2 is 1.76 bits per heavy atom. The lowest BCUT2D eigenvalue weighted by molar-refractivity contribution is -0.100. The molecule has 6 nitrogen and oxygen atoms in total. The van der Waals surface area contributed by atoms with Gasteiger partial charge in [0.05, 0.1) is 18.8 Å². The normalized spacial score (nSPS) is 13.6. The number of carbonyl (C=O) groups excluding carboxylic acids is 1. The molecule has 2 aromatic carbocycles. The van der Waals surface area contributed by atoms with E-state index in [2.05, 4.69) is 25.7 Å². The smallest absolute Gasteiger partial charge is 0.414 e. The Balaban J connectivity index is 2.04. The maximum atomic E-state index is 13.5. The predicted octanol–water partition coefficient (Wildman–Crippen LogP) is 5.91. The summed E-state index contributed by atoms with van der Waals surface area (Å²) in [6.07, 6.45) is 3.23. The number of aromatic hydroxyl groups is 1. The van der Waals surface area contributed by atoms with E-state index in [1.807, 2.05) is 30.3 Å². The number of ether oxygens (including phenoxy) is 3. The summed E-state index contributed by atoms with van der Waals surface area (Å²) in [5, 5.41) is 11.4. The Morgan fingerprint density at radius 3 is 2.41 bits per heavy atom. The number of nitrogens with zero attached hydrogens (tertiary/aromatic N) is 1. The molecule has 7 heteroatoms.